The second kappa shape index (κ2) is 21.1. The lowest BCUT2D eigenvalue weighted by Crippen LogP contribution is -2.08. The quantitative estimate of drug-likeness (QED) is 0.0844. The molecule has 39 heavy (non-hydrogen) atoms. The number of rotatable bonds is 22. The molecule has 0 saturated carbocycles. The van der Waals surface area contributed by atoms with Gasteiger partial charge in [-0.3, -0.25) is 9.59 Å². The molecular weight excluding hydrogens is 488 g/mol. The summed E-state index contributed by atoms with van der Waals surface area (Å²) in [5.41, 5.74) is 0.797. The lowest BCUT2D eigenvalue weighted by molar-refractivity contribution is -0.135. The molecule has 2 rings (SSSR count). The second-order valence-corrected chi connectivity index (χ2v) is 10.5. The fraction of sp³-hybridized carbons (Fsp3) is 0.636. The summed E-state index contributed by atoms with van der Waals surface area (Å²) in [6.45, 7) is 4.46. The van der Waals surface area contributed by atoms with E-state index in [1.54, 1.807) is 12.1 Å². The van der Waals surface area contributed by atoms with Crippen molar-refractivity contribution >= 4 is 11.9 Å². The van der Waals surface area contributed by atoms with Gasteiger partial charge in [-0.25, -0.2) is 9.97 Å². The molecule has 1 aromatic heterocycles. The highest BCUT2D eigenvalue weighted by Gasteiger charge is 2.09. The second-order valence-electron chi connectivity index (χ2n) is 10.5. The SMILES string of the molecule is CCCCCCCCCCCCC(=O)Oc1ccc(-c2ncc(OC(=O)CCCCCCCCC)cn2)cc1. The molecule has 0 radical (unpaired) electrons. The number of hydrogen-bond acceptors (Lipinski definition) is 6. The van der Waals surface area contributed by atoms with E-state index in [1.165, 1.54) is 95.9 Å². The topological polar surface area (TPSA) is 78.4 Å². The highest BCUT2D eigenvalue weighted by atomic mass is 16.5. The highest BCUT2D eigenvalue weighted by molar-refractivity contribution is 5.73. The Bertz CT molecular complexity index is 912. The van der Waals surface area contributed by atoms with E-state index < -0.39 is 0 Å². The minimum absolute atomic E-state index is 0.193. The molecule has 6 nitrogen and oxygen atoms in total. The van der Waals surface area contributed by atoms with Gasteiger partial charge in [0.25, 0.3) is 0 Å². The molecule has 0 unspecified atom stereocenters. The van der Waals surface area contributed by atoms with Gasteiger partial charge in [0, 0.05) is 18.4 Å². The van der Waals surface area contributed by atoms with Crippen LogP contribution in [0.15, 0.2) is 36.7 Å². The van der Waals surface area contributed by atoms with Crippen LogP contribution < -0.4 is 9.47 Å². The molecule has 0 atom stereocenters. The van der Waals surface area contributed by atoms with Crippen molar-refractivity contribution in [1.29, 1.82) is 0 Å². The molecule has 6 heteroatoms. The van der Waals surface area contributed by atoms with E-state index in [0.717, 1.165) is 31.2 Å². The number of nitrogens with zero attached hydrogens (tertiary/aromatic N) is 2. The first-order chi connectivity index (χ1) is 19.1. The van der Waals surface area contributed by atoms with Gasteiger partial charge in [-0.15, -0.1) is 0 Å². The standard InChI is InChI=1S/C33H50N2O4/c1-3-5-7-9-11-12-13-15-17-18-20-31(36)38-29-24-22-28(23-25-29)33-34-26-30(27-35-33)39-32(37)21-19-16-14-10-8-6-4-2/h22-27H,3-21H2,1-2H3. The third kappa shape index (κ3) is 15.4. The number of unbranched alkanes of at least 4 members (excludes halogenated alkanes) is 15. The van der Waals surface area contributed by atoms with Crippen molar-refractivity contribution in [3.8, 4) is 22.9 Å². The van der Waals surface area contributed by atoms with Crippen molar-refractivity contribution in [2.24, 2.45) is 0 Å². The summed E-state index contributed by atoms with van der Waals surface area (Å²) >= 11 is 0. The van der Waals surface area contributed by atoms with Gasteiger partial charge in [-0.2, -0.15) is 0 Å². The molecule has 1 heterocycles. The van der Waals surface area contributed by atoms with E-state index >= 15 is 0 Å². The maximum Gasteiger partial charge on any atom is 0.311 e. The highest BCUT2D eigenvalue weighted by Crippen LogP contribution is 2.21. The number of hydrogen-bond donors (Lipinski definition) is 0. The van der Waals surface area contributed by atoms with Gasteiger partial charge >= 0.3 is 11.9 Å². The predicted octanol–water partition coefficient (Wildman–Crippen LogP) is 9.41. The van der Waals surface area contributed by atoms with Crippen molar-refractivity contribution in [3.05, 3.63) is 36.7 Å². The molecule has 2 aromatic rings. The minimum Gasteiger partial charge on any atom is -0.427 e. The summed E-state index contributed by atoms with van der Waals surface area (Å²) in [6.07, 6.45) is 24.4. The van der Waals surface area contributed by atoms with Crippen LogP contribution in [0.5, 0.6) is 11.5 Å². The first-order valence-electron chi connectivity index (χ1n) is 15.5. The molecule has 216 valence electrons. The molecule has 0 aliphatic carbocycles. The van der Waals surface area contributed by atoms with Crippen LogP contribution in [-0.4, -0.2) is 21.9 Å². The molecule has 1 aromatic carbocycles. The molecule has 0 fully saturated rings. The Morgan fingerprint density at radius 3 is 1.36 bits per heavy atom. The maximum absolute atomic E-state index is 12.2. The van der Waals surface area contributed by atoms with E-state index in [9.17, 15) is 9.59 Å². The summed E-state index contributed by atoms with van der Waals surface area (Å²) in [5.74, 6) is 0.950. The zero-order valence-electron chi connectivity index (χ0n) is 24.4. The van der Waals surface area contributed by atoms with Gasteiger partial charge in [0.1, 0.15) is 5.75 Å². The Kier molecular flexibility index (Phi) is 17.6. The number of ether oxygens (including phenoxy) is 2. The molecular formula is C33H50N2O4. The third-order valence-electron chi connectivity index (χ3n) is 6.92. The fourth-order valence-electron chi connectivity index (χ4n) is 4.54. The monoisotopic (exact) mass is 538 g/mol. The lowest BCUT2D eigenvalue weighted by Gasteiger charge is -2.07. The van der Waals surface area contributed by atoms with Crippen LogP contribution in [0.4, 0.5) is 0 Å². The minimum atomic E-state index is -0.246. The zero-order valence-corrected chi connectivity index (χ0v) is 24.4. The zero-order chi connectivity index (χ0) is 28.0. The van der Waals surface area contributed by atoms with Crippen molar-refractivity contribution in [2.45, 2.75) is 136 Å². The van der Waals surface area contributed by atoms with E-state index in [0.29, 0.717) is 30.2 Å². The van der Waals surface area contributed by atoms with Gasteiger partial charge in [0.15, 0.2) is 11.6 Å². The summed E-state index contributed by atoms with van der Waals surface area (Å²) < 4.78 is 10.8. The average molecular weight is 539 g/mol. The lowest BCUT2D eigenvalue weighted by atomic mass is 10.1. The normalized spacial score (nSPS) is 10.9. The Morgan fingerprint density at radius 1 is 0.538 bits per heavy atom. The third-order valence-corrected chi connectivity index (χ3v) is 6.92. The predicted molar refractivity (Wildman–Crippen MR) is 158 cm³/mol. The summed E-state index contributed by atoms with van der Waals surface area (Å²) in [7, 11) is 0. The van der Waals surface area contributed by atoms with Gasteiger partial charge in [-0.1, -0.05) is 110 Å². The summed E-state index contributed by atoms with van der Waals surface area (Å²) in [5, 5.41) is 0. The van der Waals surface area contributed by atoms with E-state index in [-0.39, 0.29) is 11.9 Å². The first kappa shape index (κ1) is 32.5. The van der Waals surface area contributed by atoms with Crippen LogP contribution >= 0.6 is 0 Å². The van der Waals surface area contributed by atoms with Crippen LogP contribution in [0.1, 0.15) is 136 Å². The van der Waals surface area contributed by atoms with E-state index in [1.807, 2.05) is 12.1 Å². The van der Waals surface area contributed by atoms with Gasteiger partial charge in [0.05, 0.1) is 12.4 Å². The number of benzene rings is 1. The van der Waals surface area contributed by atoms with Crippen LogP contribution in [0.3, 0.4) is 0 Å². The Labute approximate surface area is 236 Å². The van der Waals surface area contributed by atoms with E-state index in [4.69, 9.17) is 9.47 Å². The number of carbonyl (C=O) groups is 2. The van der Waals surface area contributed by atoms with Crippen LogP contribution in [-0.2, 0) is 9.59 Å². The van der Waals surface area contributed by atoms with Crippen LogP contribution in [0.25, 0.3) is 11.4 Å². The molecule has 0 spiro atoms. The number of carbonyl (C=O) groups excluding carboxylic acids is 2. The van der Waals surface area contributed by atoms with Gasteiger partial charge in [-0.05, 0) is 37.1 Å². The maximum atomic E-state index is 12.2. The summed E-state index contributed by atoms with van der Waals surface area (Å²) in [6, 6.07) is 7.16. The largest absolute Gasteiger partial charge is 0.427 e. The smallest absolute Gasteiger partial charge is 0.311 e. The van der Waals surface area contributed by atoms with Crippen LogP contribution in [0.2, 0.25) is 0 Å². The summed E-state index contributed by atoms with van der Waals surface area (Å²) in [4.78, 5) is 32.9. The molecule has 0 saturated heterocycles. The van der Waals surface area contributed by atoms with Crippen LogP contribution in [0, 0.1) is 0 Å². The van der Waals surface area contributed by atoms with E-state index in [2.05, 4.69) is 23.8 Å². The fourth-order valence-corrected chi connectivity index (χ4v) is 4.54. The Balaban J connectivity index is 1.61. The van der Waals surface area contributed by atoms with Crippen molar-refractivity contribution in [1.82, 2.24) is 9.97 Å². The molecule has 0 aliphatic rings. The number of aromatic nitrogens is 2. The van der Waals surface area contributed by atoms with Crippen molar-refractivity contribution in [3.63, 3.8) is 0 Å². The Hall–Kier alpha value is -2.76. The first-order valence-corrected chi connectivity index (χ1v) is 15.5. The number of esters is 2. The molecule has 0 amide bonds. The Morgan fingerprint density at radius 2 is 0.923 bits per heavy atom. The average Bonchev–Trinajstić information content (AvgIpc) is 2.94. The van der Waals surface area contributed by atoms with Gasteiger partial charge in [0.2, 0.25) is 0 Å². The van der Waals surface area contributed by atoms with Crippen molar-refractivity contribution in [2.75, 3.05) is 0 Å². The van der Waals surface area contributed by atoms with Crippen molar-refractivity contribution < 1.29 is 19.1 Å². The molecule has 0 aliphatic heterocycles. The van der Waals surface area contributed by atoms with Gasteiger partial charge < -0.3 is 9.47 Å². The molecule has 0 N–H and O–H groups in total. The molecule has 0 bridgehead atoms.